The van der Waals surface area contributed by atoms with Crippen molar-refractivity contribution >= 4 is 10.1 Å². The normalized spacial score (nSPS) is 13.5. The van der Waals surface area contributed by atoms with Crippen LogP contribution >= 0.6 is 0 Å². The second-order valence-corrected chi connectivity index (χ2v) is 3.36. The molecule has 0 saturated heterocycles. The molecule has 0 aliphatic rings. The molecule has 0 unspecified atom stereocenters. The first-order valence-corrected chi connectivity index (χ1v) is 4.28. The van der Waals surface area contributed by atoms with E-state index in [4.69, 9.17) is 0 Å². The lowest BCUT2D eigenvalue weighted by Gasteiger charge is -2.05. The molecule has 0 N–H and O–H groups in total. The predicted molar refractivity (Wildman–Crippen MR) is 31.5 cm³/mol. The summed E-state index contributed by atoms with van der Waals surface area (Å²) < 4.78 is 58.7. The third-order valence-corrected chi connectivity index (χ3v) is 1.91. The van der Waals surface area contributed by atoms with Gasteiger partial charge in [-0.3, -0.25) is 4.18 Å². The second kappa shape index (κ2) is 3.40. The summed E-state index contributed by atoms with van der Waals surface area (Å²) in [5.41, 5.74) is 0. The van der Waals surface area contributed by atoms with Crippen LogP contribution in [0.2, 0.25) is 0 Å². The van der Waals surface area contributed by atoms with Crippen molar-refractivity contribution in [3.63, 3.8) is 0 Å². The molecule has 0 spiro atoms. The summed E-state index contributed by atoms with van der Waals surface area (Å²) in [6.45, 7) is 1.02. The van der Waals surface area contributed by atoms with E-state index in [0.717, 1.165) is 0 Å². The highest BCUT2D eigenvalue weighted by Crippen LogP contribution is 2.17. The molecule has 0 bridgehead atoms. The molecule has 3 nitrogen and oxygen atoms in total. The van der Waals surface area contributed by atoms with Gasteiger partial charge in [0.2, 0.25) is 0 Å². The Balaban J connectivity index is 4.15. The molecule has 11 heavy (non-hydrogen) atoms. The molecule has 0 aliphatic heterocycles. The van der Waals surface area contributed by atoms with Gasteiger partial charge in [-0.25, -0.2) is 0 Å². The van der Waals surface area contributed by atoms with Crippen molar-refractivity contribution in [3.05, 3.63) is 0 Å². The lowest BCUT2D eigenvalue weighted by Crippen LogP contribution is -2.24. The summed E-state index contributed by atoms with van der Waals surface area (Å²) in [6.07, 6.45) is -4.73. The fraction of sp³-hybridized carbons (Fsp3) is 1.00. The lowest BCUT2D eigenvalue weighted by molar-refractivity contribution is -0.107. The van der Waals surface area contributed by atoms with Crippen molar-refractivity contribution in [2.45, 2.75) is 13.1 Å². The molecule has 0 radical (unpaired) electrons. The summed E-state index contributed by atoms with van der Waals surface area (Å²) in [5, 5.41) is 0. The number of hydrogen-bond donors (Lipinski definition) is 0. The van der Waals surface area contributed by atoms with Crippen LogP contribution in [0.5, 0.6) is 0 Å². The lowest BCUT2D eigenvalue weighted by atomic mass is 10.8. The predicted octanol–water partition coefficient (Wildman–Crippen LogP) is 0.915. The molecule has 0 amide bonds. The van der Waals surface area contributed by atoms with E-state index in [1.165, 1.54) is 6.92 Å². The monoisotopic (exact) mass is 192 g/mol. The zero-order valence-electron chi connectivity index (χ0n) is 5.68. The van der Waals surface area contributed by atoms with Crippen molar-refractivity contribution < 1.29 is 25.8 Å². The molecule has 0 aromatic heterocycles. The zero-order valence-corrected chi connectivity index (χ0v) is 6.50. The van der Waals surface area contributed by atoms with E-state index in [9.17, 15) is 21.6 Å². The van der Waals surface area contributed by atoms with Gasteiger partial charge in [0.05, 0.1) is 6.61 Å². The first-order chi connectivity index (χ1) is 4.77. The van der Waals surface area contributed by atoms with E-state index in [1.807, 2.05) is 0 Å². The van der Waals surface area contributed by atoms with E-state index in [2.05, 4.69) is 4.18 Å². The molecule has 0 atom stereocenters. The Labute approximate surface area is 62.3 Å². The van der Waals surface area contributed by atoms with Crippen LogP contribution in [0.4, 0.5) is 13.2 Å². The number of halogens is 3. The minimum atomic E-state index is -4.73. The Kier molecular flexibility index (Phi) is 3.30. The fourth-order valence-corrected chi connectivity index (χ4v) is 1.27. The second-order valence-electron chi connectivity index (χ2n) is 1.72. The van der Waals surface area contributed by atoms with E-state index < -0.39 is 22.0 Å². The number of alkyl halides is 3. The Morgan fingerprint density at radius 2 is 1.82 bits per heavy atom. The maximum absolute atomic E-state index is 11.4. The summed E-state index contributed by atoms with van der Waals surface area (Å²) in [7, 11) is -4.41. The van der Waals surface area contributed by atoms with Crippen LogP contribution in [-0.2, 0) is 14.3 Å². The summed E-state index contributed by atoms with van der Waals surface area (Å²) in [4.78, 5) is 0. The third kappa shape index (κ3) is 6.11. The summed E-state index contributed by atoms with van der Waals surface area (Å²) in [6, 6.07) is 0. The first kappa shape index (κ1) is 10.7. The van der Waals surface area contributed by atoms with E-state index in [-0.39, 0.29) is 6.61 Å². The smallest absolute Gasteiger partial charge is 0.270 e. The van der Waals surface area contributed by atoms with Gasteiger partial charge >= 0.3 is 6.18 Å². The molecule has 0 aliphatic carbocycles. The van der Waals surface area contributed by atoms with Gasteiger partial charge in [0.15, 0.2) is 5.75 Å². The molecule has 0 fully saturated rings. The van der Waals surface area contributed by atoms with Gasteiger partial charge in [-0.15, -0.1) is 0 Å². The molecule has 0 heterocycles. The largest absolute Gasteiger partial charge is 0.405 e. The summed E-state index contributed by atoms with van der Waals surface area (Å²) >= 11 is 0. The van der Waals surface area contributed by atoms with Crippen molar-refractivity contribution in [1.29, 1.82) is 0 Å². The highest BCUT2D eigenvalue weighted by Gasteiger charge is 2.35. The van der Waals surface area contributed by atoms with Gasteiger partial charge in [-0.2, -0.15) is 21.6 Å². The van der Waals surface area contributed by atoms with Gasteiger partial charge in [0, 0.05) is 0 Å². The van der Waals surface area contributed by atoms with Gasteiger partial charge in [-0.1, -0.05) is 0 Å². The Morgan fingerprint density at radius 1 is 1.36 bits per heavy atom. The molecule has 7 heteroatoms. The standard InChI is InChI=1S/C4H7F3O3S/c1-2-10-11(8,9)3-4(5,6)7/h2-3H2,1H3. The molecule has 0 saturated carbocycles. The molecular formula is C4H7F3O3S. The summed E-state index contributed by atoms with van der Waals surface area (Å²) in [5.74, 6) is -1.92. The van der Waals surface area contributed by atoms with E-state index >= 15 is 0 Å². The van der Waals surface area contributed by atoms with E-state index in [1.54, 1.807) is 0 Å². The maximum atomic E-state index is 11.4. The van der Waals surface area contributed by atoms with Crippen LogP contribution in [0.25, 0.3) is 0 Å². The molecule has 68 valence electrons. The van der Waals surface area contributed by atoms with Gasteiger partial charge in [-0.05, 0) is 6.92 Å². The van der Waals surface area contributed by atoms with Crippen LogP contribution < -0.4 is 0 Å². The van der Waals surface area contributed by atoms with Crippen LogP contribution in [0.15, 0.2) is 0 Å². The van der Waals surface area contributed by atoms with Gasteiger partial charge in [0.25, 0.3) is 10.1 Å². The number of hydrogen-bond acceptors (Lipinski definition) is 3. The van der Waals surface area contributed by atoms with Gasteiger partial charge in [0.1, 0.15) is 0 Å². The SMILES string of the molecule is CCOS(=O)(=O)CC(F)(F)F. The zero-order chi connectivity index (χ0) is 9.12. The molecule has 0 aromatic rings. The number of rotatable bonds is 3. The third-order valence-electron chi connectivity index (χ3n) is 0.638. The molecule has 0 aromatic carbocycles. The maximum Gasteiger partial charge on any atom is 0.405 e. The van der Waals surface area contributed by atoms with Crippen LogP contribution in [0.3, 0.4) is 0 Å². The van der Waals surface area contributed by atoms with Crippen LogP contribution in [-0.4, -0.2) is 27.0 Å². The fourth-order valence-electron chi connectivity index (χ4n) is 0.422. The average Bonchev–Trinajstić information content (AvgIpc) is 1.55. The topological polar surface area (TPSA) is 43.4 Å². The van der Waals surface area contributed by atoms with Crippen molar-refractivity contribution in [2.24, 2.45) is 0 Å². The highest BCUT2D eigenvalue weighted by atomic mass is 32.2. The Hall–Kier alpha value is -0.300. The van der Waals surface area contributed by atoms with Gasteiger partial charge < -0.3 is 0 Å². The first-order valence-electron chi connectivity index (χ1n) is 2.70. The molecule has 0 rings (SSSR count). The average molecular weight is 192 g/mol. The Morgan fingerprint density at radius 3 is 2.09 bits per heavy atom. The highest BCUT2D eigenvalue weighted by molar-refractivity contribution is 7.86. The molecular weight excluding hydrogens is 185 g/mol. The van der Waals surface area contributed by atoms with Crippen molar-refractivity contribution in [3.8, 4) is 0 Å². The minimum Gasteiger partial charge on any atom is -0.270 e. The van der Waals surface area contributed by atoms with Crippen LogP contribution in [0, 0.1) is 0 Å². The minimum absolute atomic E-state index is 0.279. The van der Waals surface area contributed by atoms with E-state index in [0.29, 0.717) is 0 Å². The Bertz CT molecular complexity index is 205. The quantitative estimate of drug-likeness (QED) is 0.624. The van der Waals surface area contributed by atoms with Crippen molar-refractivity contribution in [1.82, 2.24) is 0 Å². The van der Waals surface area contributed by atoms with Crippen molar-refractivity contribution in [2.75, 3.05) is 12.4 Å². The van der Waals surface area contributed by atoms with Crippen LogP contribution in [0.1, 0.15) is 6.92 Å².